The predicted octanol–water partition coefficient (Wildman–Crippen LogP) is 3.14. The maximum Gasteiger partial charge on any atom is 0.253 e. The molecule has 2 aromatic carbocycles. The molecule has 1 aliphatic heterocycles. The Kier molecular flexibility index (Phi) is 5.47. The van der Waals surface area contributed by atoms with E-state index in [9.17, 15) is 4.79 Å². The summed E-state index contributed by atoms with van der Waals surface area (Å²) in [6.45, 7) is 4.24. The highest BCUT2D eigenvalue weighted by atomic mass is 16.5. The summed E-state index contributed by atoms with van der Waals surface area (Å²) in [5.41, 5.74) is 3.01. The van der Waals surface area contributed by atoms with Crippen LogP contribution in [0.4, 0.5) is 0 Å². The number of methoxy groups -OCH3 is 2. The average Bonchev–Trinajstić information content (AvgIpc) is 2.68. The van der Waals surface area contributed by atoms with E-state index in [-0.39, 0.29) is 11.9 Å². The summed E-state index contributed by atoms with van der Waals surface area (Å²) in [7, 11) is 5.36. The number of hydrogen-bond acceptors (Lipinski definition) is 4. The second-order valence-corrected chi connectivity index (χ2v) is 6.73. The molecule has 0 aromatic heterocycles. The van der Waals surface area contributed by atoms with E-state index in [0.717, 1.165) is 29.8 Å². The number of amides is 1. The number of benzene rings is 2. The SMILES string of the molecule is COc1ccc(C2CN(C(=O)c3ccc(C)cc3)CCN2C)cc1OC. The largest absolute Gasteiger partial charge is 0.493 e. The Morgan fingerprint density at radius 3 is 2.35 bits per heavy atom. The monoisotopic (exact) mass is 354 g/mol. The highest BCUT2D eigenvalue weighted by Crippen LogP contribution is 2.33. The molecular weight excluding hydrogens is 328 g/mol. The first-order chi connectivity index (χ1) is 12.5. The molecule has 0 spiro atoms. The molecule has 0 aliphatic carbocycles. The van der Waals surface area contributed by atoms with E-state index in [2.05, 4.69) is 11.9 Å². The van der Waals surface area contributed by atoms with Crippen molar-refractivity contribution >= 4 is 5.91 Å². The van der Waals surface area contributed by atoms with Crippen LogP contribution >= 0.6 is 0 Å². The molecule has 138 valence electrons. The number of hydrogen-bond donors (Lipinski definition) is 0. The topological polar surface area (TPSA) is 42.0 Å². The minimum Gasteiger partial charge on any atom is -0.493 e. The van der Waals surface area contributed by atoms with E-state index in [4.69, 9.17) is 9.47 Å². The molecule has 5 heteroatoms. The third-order valence-corrected chi connectivity index (χ3v) is 5.03. The molecule has 1 amide bonds. The van der Waals surface area contributed by atoms with Gasteiger partial charge in [-0.25, -0.2) is 0 Å². The average molecular weight is 354 g/mol. The van der Waals surface area contributed by atoms with Crippen LogP contribution in [0, 0.1) is 6.92 Å². The van der Waals surface area contributed by atoms with Gasteiger partial charge >= 0.3 is 0 Å². The molecule has 0 radical (unpaired) electrons. The van der Waals surface area contributed by atoms with Gasteiger partial charge in [0.15, 0.2) is 11.5 Å². The summed E-state index contributed by atoms with van der Waals surface area (Å²) in [6, 6.07) is 13.9. The zero-order chi connectivity index (χ0) is 18.7. The van der Waals surface area contributed by atoms with Gasteiger partial charge < -0.3 is 14.4 Å². The second-order valence-electron chi connectivity index (χ2n) is 6.73. The minimum absolute atomic E-state index is 0.0866. The van der Waals surface area contributed by atoms with Crippen LogP contribution in [0.1, 0.15) is 27.5 Å². The van der Waals surface area contributed by atoms with Crippen LogP contribution in [0.2, 0.25) is 0 Å². The molecule has 1 heterocycles. The normalized spacial score (nSPS) is 17.8. The third kappa shape index (κ3) is 3.68. The quantitative estimate of drug-likeness (QED) is 0.846. The summed E-state index contributed by atoms with van der Waals surface area (Å²) in [6.07, 6.45) is 0. The van der Waals surface area contributed by atoms with Crippen LogP contribution < -0.4 is 9.47 Å². The first-order valence-electron chi connectivity index (χ1n) is 8.81. The number of ether oxygens (including phenoxy) is 2. The van der Waals surface area contributed by atoms with Crippen molar-refractivity contribution in [1.29, 1.82) is 0 Å². The molecule has 3 rings (SSSR count). The van der Waals surface area contributed by atoms with Gasteiger partial charge in [0.25, 0.3) is 5.91 Å². The van der Waals surface area contributed by atoms with Crippen molar-refractivity contribution in [2.24, 2.45) is 0 Å². The summed E-state index contributed by atoms with van der Waals surface area (Å²) in [5, 5.41) is 0. The van der Waals surface area contributed by atoms with Crippen molar-refractivity contribution in [2.75, 3.05) is 40.9 Å². The lowest BCUT2D eigenvalue weighted by molar-refractivity contribution is 0.0546. The molecule has 1 unspecified atom stereocenters. The van der Waals surface area contributed by atoms with E-state index in [1.165, 1.54) is 0 Å². The zero-order valence-electron chi connectivity index (χ0n) is 15.9. The first kappa shape index (κ1) is 18.3. The number of carbonyl (C=O) groups excluding carboxylic acids is 1. The van der Waals surface area contributed by atoms with Crippen molar-refractivity contribution < 1.29 is 14.3 Å². The lowest BCUT2D eigenvalue weighted by atomic mass is 10.0. The van der Waals surface area contributed by atoms with Crippen LogP contribution in [-0.2, 0) is 0 Å². The van der Waals surface area contributed by atoms with Crippen molar-refractivity contribution in [3.63, 3.8) is 0 Å². The Hall–Kier alpha value is -2.53. The summed E-state index contributed by atoms with van der Waals surface area (Å²) in [5.74, 6) is 1.51. The smallest absolute Gasteiger partial charge is 0.253 e. The van der Waals surface area contributed by atoms with Gasteiger partial charge in [-0.05, 0) is 43.8 Å². The summed E-state index contributed by atoms with van der Waals surface area (Å²) < 4.78 is 10.8. The van der Waals surface area contributed by atoms with Gasteiger partial charge in [-0.3, -0.25) is 9.69 Å². The van der Waals surface area contributed by atoms with Crippen molar-refractivity contribution in [3.8, 4) is 11.5 Å². The van der Waals surface area contributed by atoms with Gasteiger partial charge in [0, 0.05) is 25.2 Å². The van der Waals surface area contributed by atoms with E-state index < -0.39 is 0 Å². The van der Waals surface area contributed by atoms with E-state index in [1.54, 1.807) is 14.2 Å². The van der Waals surface area contributed by atoms with E-state index in [0.29, 0.717) is 18.0 Å². The summed E-state index contributed by atoms with van der Waals surface area (Å²) in [4.78, 5) is 17.1. The lowest BCUT2D eigenvalue weighted by Gasteiger charge is -2.40. The standard InChI is InChI=1S/C21H26N2O3/c1-15-5-7-16(8-6-15)21(24)23-12-11-22(2)18(14-23)17-9-10-19(25-3)20(13-17)26-4/h5-10,13,18H,11-12,14H2,1-4H3. The Balaban J connectivity index is 1.82. The molecule has 1 atom stereocenters. The fraction of sp³-hybridized carbons (Fsp3) is 0.381. The second kappa shape index (κ2) is 7.79. The molecule has 0 saturated carbocycles. The van der Waals surface area contributed by atoms with Gasteiger partial charge in [0.05, 0.1) is 20.3 Å². The van der Waals surface area contributed by atoms with Crippen molar-refractivity contribution in [3.05, 3.63) is 59.2 Å². The van der Waals surface area contributed by atoms with E-state index in [1.807, 2.05) is 54.3 Å². The predicted molar refractivity (Wildman–Crippen MR) is 102 cm³/mol. The van der Waals surface area contributed by atoms with Crippen molar-refractivity contribution in [1.82, 2.24) is 9.80 Å². The van der Waals surface area contributed by atoms with Crippen LogP contribution in [0.3, 0.4) is 0 Å². The third-order valence-electron chi connectivity index (χ3n) is 5.03. The maximum absolute atomic E-state index is 12.9. The Morgan fingerprint density at radius 1 is 1.00 bits per heavy atom. The fourth-order valence-corrected chi connectivity index (χ4v) is 3.36. The van der Waals surface area contributed by atoms with Gasteiger partial charge in [0.1, 0.15) is 0 Å². The molecule has 0 bridgehead atoms. The Bertz CT molecular complexity index is 773. The van der Waals surface area contributed by atoms with Crippen LogP contribution in [0.25, 0.3) is 0 Å². The van der Waals surface area contributed by atoms with Crippen molar-refractivity contribution in [2.45, 2.75) is 13.0 Å². The number of piperazine rings is 1. The maximum atomic E-state index is 12.9. The highest BCUT2D eigenvalue weighted by Gasteiger charge is 2.29. The molecule has 1 saturated heterocycles. The minimum atomic E-state index is 0.0866. The van der Waals surface area contributed by atoms with Crippen LogP contribution in [0.15, 0.2) is 42.5 Å². The molecular formula is C21H26N2O3. The number of likely N-dealkylation sites (N-methyl/N-ethyl adjacent to an activating group) is 1. The number of rotatable bonds is 4. The molecule has 1 fully saturated rings. The molecule has 1 aliphatic rings. The first-order valence-corrected chi connectivity index (χ1v) is 8.81. The molecule has 5 nitrogen and oxygen atoms in total. The number of nitrogens with zero attached hydrogens (tertiary/aromatic N) is 2. The van der Waals surface area contributed by atoms with Crippen LogP contribution in [0.5, 0.6) is 11.5 Å². The van der Waals surface area contributed by atoms with Gasteiger partial charge in [-0.15, -0.1) is 0 Å². The van der Waals surface area contributed by atoms with Gasteiger partial charge in [0.2, 0.25) is 0 Å². The Morgan fingerprint density at radius 2 is 1.69 bits per heavy atom. The molecule has 0 N–H and O–H groups in total. The molecule has 26 heavy (non-hydrogen) atoms. The number of aryl methyl sites for hydroxylation is 1. The highest BCUT2D eigenvalue weighted by molar-refractivity contribution is 5.94. The molecule has 2 aromatic rings. The van der Waals surface area contributed by atoms with Gasteiger partial charge in [-0.1, -0.05) is 23.8 Å². The Labute approximate surface area is 155 Å². The van der Waals surface area contributed by atoms with Gasteiger partial charge in [-0.2, -0.15) is 0 Å². The fourth-order valence-electron chi connectivity index (χ4n) is 3.36. The van der Waals surface area contributed by atoms with Crippen LogP contribution in [-0.4, -0.2) is 56.6 Å². The lowest BCUT2D eigenvalue weighted by Crippen LogP contribution is -2.49. The zero-order valence-corrected chi connectivity index (χ0v) is 15.9. The summed E-state index contributed by atoms with van der Waals surface area (Å²) >= 11 is 0. The van der Waals surface area contributed by atoms with E-state index >= 15 is 0 Å². The number of carbonyl (C=O) groups is 1.